The Balaban J connectivity index is 1.64. The molecule has 2 aromatic rings. The van der Waals surface area contributed by atoms with Crippen LogP contribution in [0.4, 0.5) is 10.1 Å². The van der Waals surface area contributed by atoms with Gasteiger partial charge >= 0.3 is 0 Å². The van der Waals surface area contributed by atoms with Crippen molar-refractivity contribution in [1.29, 1.82) is 0 Å². The molecule has 2 aromatic carbocycles. The van der Waals surface area contributed by atoms with Gasteiger partial charge < -0.3 is 10.2 Å². The monoisotopic (exact) mass is 447 g/mol. The first-order chi connectivity index (χ1) is 14.8. The lowest BCUT2D eigenvalue weighted by atomic mass is 9.96. The van der Waals surface area contributed by atoms with Crippen molar-refractivity contribution in [3.63, 3.8) is 0 Å². The lowest BCUT2D eigenvalue weighted by molar-refractivity contribution is -0.126. The fourth-order valence-electron chi connectivity index (χ4n) is 3.46. The third-order valence-corrected chi connectivity index (χ3v) is 6.53. The van der Waals surface area contributed by atoms with E-state index >= 15 is 0 Å². The average Bonchev–Trinajstić information content (AvgIpc) is 2.77. The molecule has 0 radical (unpaired) electrons. The van der Waals surface area contributed by atoms with Crippen molar-refractivity contribution < 1.29 is 22.4 Å². The number of hydrogen-bond acceptors (Lipinski definition) is 4. The van der Waals surface area contributed by atoms with Crippen LogP contribution in [0.5, 0.6) is 0 Å². The van der Waals surface area contributed by atoms with Crippen LogP contribution in [-0.4, -0.2) is 44.8 Å². The number of sulfonamides is 1. The van der Waals surface area contributed by atoms with Gasteiger partial charge in [0.15, 0.2) is 0 Å². The zero-order chi connectivity index (χ0) is 22.4. The van der Waals surface area contributed by atoms with E-state index in [1.165, 1.54) is 24.3 Å². The van der Waals surface area contributed by atoms with Crippen molar-refractivity contribution in [2.24, 2.45) is 5.92 Å². The minimum atomic E-state index is -3.86. The molecule has 1 atom stereocenters. The Kier molecular flexibility index (Phi) is 7.27. The van der Waals surface area contributed by atoms with E-state index in [9.17, 15) is 22.4 Å². The highest BCUT2D eigenvalue weighted by molar-refractivity contribution is 7.92. The first-order valence-corrected chi connectivity index (χ1v) is 11.7. The zero-order valence-corrected chi connectivity index (χ0v) is 18.1. The molecule has 1 fully saturated rings. The number of benzene rings is 2. The van der Waals surface area contributed by atoms with Gasteiger partial charge in [-0.25, -0.2) is 12.8 Å². The van der Waals surface area contributed by atoms with Crippen LogP contribution in [0.2, 0.25) is 0 Å². The third kappa shape index (κ3) is 5.81. The second-order valence-electron chi connectivity index (χ2n) is 7.52. The van der Waals surface area contributed by atoms with Gasteiger partial charge in [-0.3, -0.25) is 14.3 Å². The molecule has 0 saturated carbocycles. The minimum Gasteiger partial charge on any atom is -0.356 e. The summed E-state index contributed by atoms with van der Waals surface area (Å²) in [6.07, 6.45) is 2.37. The molecule has 1 heterocycles. The highest BCUT2D eigenvalue weighted by atomic mass is 32.2. The number of nitrogens with one attached hydrogen (secondary N) is 2. The highest BCUT2D eigenvalue weighted by Gasteiger charge is 2.28. The van der Waals surface area contributed by atoms with Crippen LogP contribution in [0.3, 0.4) is 0 Å². The van der Waals surface area contributed by atoms with Crippen LogP contribution in [-0.2, 0) is 14.8 Å². The van der Waals surface area contributed by atoms with Gasteiger partial charge in [0.25, 0.3) is 15.9 Å². The molecule has 0 aromatic heterocycles. The molecule has 0 aliphatic carbocycles. The van der Waals surface area contributed by atoms with Crippen LogP contribution < -0.4 is 10.0 Å². The van der Waals surface area contributed by atoms with Crippen molar-refractivity contribution in [2.45, 2.75) is 31.1 Å². The summed E-state index contributed by atoms with van der Waals surface area (Å²) < 4.78 is 40.3. The molecule has 2 amide bonds. The topological polar surface area (TPSA) is 95.6 Å². The fraction of sp³-hybridized carbons (Fsp3) is 0.364. The van der Waals surface area contributed by atoms with Crippen LogP contribution in [0.25, 0.3) is 0 Å². The van der Waals surface area contributed by atoms with E-state index in [1.807, 2.05) is 6.92 Å². The molecular formula is C22H26FN3O4S. The SMILES string of the molecule is CCCNC(=O)[C@H]1CCCN(C(=O)c2ccc(NS(=O)(=O)c3ccc(F)cc3)cc2)C1. The number of carbonyl (C=O) groups excluding carboxylic acids is 2. The minimum absolute atomic E-state index is 0.0232. The molecule has 0 unspecified atom stereocenters. The maximum Gasteiger partial charge on any atom is 0.261 e. The maximum atomic E-state index is 13.0. The smallest absolute Gasteiger partial charge is 0.261 e. The standard InChI is InChI=1S/C22H26FN3O4S/c1-2-13-24-21(27)17-4-3-14-26(15-17)22(28)16-5-9-19(10-6-16)25-31(29,30)20-11-7-18(23)8-12-20/h5-12,17,25H,2-4,13-15H2,1H3,(H,24,27)/t17-/m0/s1. The maximum absolute atomic E-state index is 13.0. The van der Waals surface area contributed by atoms with E-state index in [1.54, 1.807) is 17.0 Å². The number of anilines is 1. The Bertz CT molecular complexity index is 1020. The summed E-state index contributed by atoms with van der Waals surface area (Å²) in [5.74, 6) is -0.957. The quantitative estimate of drug-likeness (QED) is 0.682. The Morgan fingerprint density at radius 1 is 1.10 bits per heavy atom. The molecule has 166 valence electrons. The Hall–Kier alpha value is -2.94. The Morgan fingerprint density at radius 3 is 2.42 bits per heavy atom. The van der Waals surface area contributed by atoms with Crippen molar-refractivity contribution >= 4 is 27.5 Å². The number of hydrogen-bond donors (Lipinski definition) is 2. The van der Waals surface area contributed by atoms with Crippen molar-refractivity contribution in [1.82, 2.24) is 10.2 Å². The first-order valence-electron chi connectivity index (χ1n) is 10.3. The van der Waals surface area contributed by atoms with Gasteiger partial charge in [-0.2, -0.15) is 0 Å². The summed E-state index contributed by atoms with van der Waals surface area (Å²) in [5.41, 5.74) is 0.704. The summed E-state index contributed by atoms with van der Waals surface area (Å²) in [4.78, 5) is 26.7. The number of rotatable bonds is 7. The molecule has 2 N–H and O–H groups in total. The van der Waals surface area contributed by atoms with E-state index in [4.69, 9.17) is 0 Å². The lowest BCUT2D eigenvalue weighted by Gasteiger charge is -2.32. The van der Waals surface area contributed by atoms with E-state index < -0.39 is 15.8 Å². The molecular weight excluding hydrogens is 421 g/mol. The van der Waals surface area contributed by atoms with Crippen LogP contribution >= 0.6 is 0 Å². The predicted molar refractivity (Wildman–Crippen MR) is 116 cm³/mol. The number of likely N-dealkylation sites (tertiary alicyclic amines) is 1. The van der Waals surface area contributed by atoms with Crippen LogP contribution in [0, 0.1) is 11.7 Å². The van der Waals surface area contributed by atoms with Gasteiger partial charge in [-0.05, 0) is 67.8 Å². The normalized spacial score (nSPS) is 16.6. The molecule has 1 aliphatic heterocycles. The molecule has 0 spiro atoms. The summed E-state index contributed by atoms with van der Waals surface area (Å²) in [7, 11) is -3.86. The van der Waals surface area contributed by atoms with Gasteiger partial charge in [0, 0.05) is 30.9 Å². The molecule has 31 heavy (non-hydrogen) atoms. The molecule has 0 bridgehead atoms. The summed E-state index contributed by atoms with van der Waals surface area (Å²) in [6, 6.07) is 10.6. The molecule has 1 aliphatic rings. The number of carbonyl (C=O) groups is 2. The summed E-state index contributed by atoms with van der Waals surface area (Å²) in [5, 5.41) is 2.88. The van der Waals surface area contributed by atoms with Gasteiger partial charge in [0.1, 0.15) is 5.82 Å². The molecule has 9 heteroatoms. The van der Waals surface area contributed by atoms with E-state index in [0.29, 0.717) is 25.2 Å². The second-order valence-corrected chi connectivity index (χ2v) is 9.20. The van der Waals surface area contributed by atoms with E-state index in [-0.39, 0.29) is 28.3 Å². The summed E-state index contributed by atoms with van der Waals surface area (Å²) in [6.45, 7) is 3.56. The first kappa shape index (κ1) is 22.7. The number of nitrogens with zero attached hydrogens (tertiary/aromatic N) is 1. The Labute approximate surface area is 181 Å². The molecule has 1 saturated heterocycles. The van der Waals surface area contributed by atoms with Crippen LogP contribution in [0.1, 0.15) is 36.5 Å². The van der Waals surface area contributed by atoms with Crippen molar-refractivity contribution in [3.05, 3.63) is 59.9 Å². The highest BCUT2D eigenvalue weighted by Crippen LogP contribution is 2.21. The summed E-state index contributed by atoms with van der Waals surface area (Å²) >= 11 is 0. The van der Waals surface area contributed by atoms with E-state index in [0.717, 1.165) is 31.4 Å². The predicted octanol–water partition coefficient (Wildman–Crippen LogP) is 3.00. The van der Waals surface area contributed by atoms with Gasteiger partial charge in [0.05, 0.1) is 10.8 Å². The molecule has 3 rings (SSSR count). The zero-order valence-electron chi connectivity index (χ0n) is 17.3. The number of amides is 2. The third-order valence-electron chi connectivity index (χ3n) is 5.14. The second kappa shape index (κ2) is 9.91. The van der Waals surface area contributed by atoms with Crippen LogP contribution in [0.15, 0.2) is 53.4 Å². The van der Waals surface area contributed by atoms with Gasteiger partial charge in [-0.15, -0.1) is 0 Å². The lowest BCUT2D eigenvalue weighted by Crippen LogP contribution is -2.45. The number of piperidine rings is 1. The Morgan fingerprint density at radius 2 is 1.77 bits per heavy atom. The molecule has 7 nitrogen and oxygen atoms in total. The largest absolute Gasteiger partial charge is 0.356 e. The van der Waals surface area contributed by atoms with E-state index in [2.05, 4.69) is 10.0 Å². The van der Waals surface area contributed by atoms with Crippen molar-refractivity contribution in [2.75, 3.05) is 24.4 Å². The van der Waals surface area contributed by atoms with Gasteiger partial charge in [-0.1, -0.05) is 6.92 Å². The van der Waals surface area contributed by atoms with Crippen molar-refractivity contribution in [3.8, 4) is 0 Å². The number of halogens is 1. The fourth-order valence-corrected chi connectivity index (χ4v) is 4.52. The van der Waals surface area contributed by atoms with Gasteiger partial charge in [0.2, 0.25) is 5.91 Å². The average molecular weight is 448 g/mol.